The van der Waals surface area contributed by atoms with Crippen molar-refractivity contribution in [2.45, 2.75) is 13.0 Å². The van der Waals surface area contributed by atoms with E-state index >= 15 is 0 Å². The highest BCUT2D eigenvalue weighted by molar-refractivity contribution is 7.13. The Morgan fingerprint density at radius 3 is 2.65 bits per heavy atom. The second-order valence-electron chi connectivity index (χ2n) is 5.00. The topological polar surface area (TPSA) is 44.2 Å². The zero-order valence-corrected chi connectivity index (χ0v) is 13.8. The molecule has 3 aromatic rings. The molecule has 0 amide bonds. The molecule has 118 valence electrons. The molecule has 0 aliphatic carbocycles. The molecule has 0 aliphatic rings. The first kappa shape index (κ1) is 15.6. The maximum atomic E-state index is 5.69. The summed E-state index contributed by atoms with van der Waals surface area (Å²) < 4.78 is 10.9. The standard InChI is InChI=1S/C18H18N2O2S/c1-21-17-7-5-14(6-8-17)18-20-16(13-23-18)12-22-11-9-15-4-2-3-10-19-15/h2-8,10,13H,9,11-12H2,1H3. The highest BCUT2D eigenvalue weighted by atomic mass is 32.1. The van der Waals surface area contributed by atoms with Crippen LogP contribution < -0.4 is 4.74 Å². The molecule has 0 bridgehead atoms. The highest BCUT2D eigenvalue weighted by Crippen LogP contribution is 2.25. The minimum absolute atomic E-state index is 0.527. The lowest BCUT2D eigenvalue weighted by molar-refractivity contribution is 0.121. The van der Waals surface area contributed by atoms with Crippen molar-refractivity contribution in [3.63, 3.8) is 0 Å². The van der Waals surface area contributed by atoms with Crippen LogP contribution >= 0.6 is 11.3 Å². The summed E-state index contributed by atoms with van der Waals surface area (Å²) in [6.07, 6.45) is 2.62. The quantitative estimate of drug-likeness (QED) is 0.616. The molecule has 3 rings (SSSR count). The lowest BCUT2D eigenvalue weighted by atomic mass is 10.2. The molecule has 2 heterocycles. The zero-order valence-electron chi connectivity index (χ0n) is 12.9. The molecule has 1 aromatic carbocycles. The molecule has 0 saturated heterocycles. The van der Waals surface area contributed by atoms with Crippen LogP contribution in [0.25, 0.3) is 10.6 Å². The van der Waals surface area contributed by atoms with E-state index in [4.69, 9.17) is 9.47 Å². The van der Waals surface area contributed by atoms with Gasteiger partial charge in [-0.3, -0.25) is 4.98 Å². The molecule has 0 unspecified atom stereocenters. The van der Waals surface area contributed by atoms with Crippen LogP contribution in [0.5, 0.6) is 5.75 Å². The summed E-state index contributed by atoms with van der Waals surface area (Å²) >= 11 is 1.63. The van der Waals surface area contributed by atoms with Gasteiger partial charge in [0.2, 0.25) is 0 Å². The second kappa shape index (κ2) is 7.85. The van der Waals surface area contributed by atoms with Crippen molar-refractivity contribution in [1.82, 2.24) is 9.97 Å². The van der Waals surface area contributed by atoms with Crippen LogP contribution in [0.15, 0.2) is 54.0 Å². The smallest absolute Gasteiger partial charge is 0.123 e. The fraction of sp³-hybridized carbons (Fsp3) is 0.222. The molecule has 5 heteroatoms. The van der Waals surface area contributed by atoms with Crippen molar-refractivity contribution < 1.29 is 9.47 Å². The summed E-state index contributed by atoms with van der Waals surface area (Å²) in [4.78, 5) is 8.89. The third-order valence-corrected chi connectivity index (χ3v) is 4.31. The fourth-order valence-corrected chi connectivity index (χ4v) is 2.95. The van der Waals surface area contributed by atoms with Crippen molar-refractivity contribution in [1.29, 1.82) is 0 Å². The van der Waals surface area contributed by atoms with Gasteiger partial charge in [0.25, 0.3) is 0 Å². The molecular formula is C18H18N2O2S. The second-order valence-corrected chi connectivity index (χ2v) is 5.85. The van der Waals surface area contributed by atoms with Gasteiger partial charge in [0.1, 0.15) is 10.8 Å². The van der Waals surface area contributed by atoms with E-state index in [1.165, 1.54) is 0 Å². The lowest BCUT2D eigenvalue weighted by Crippen LogP contribution is -2.00. The number of hydrogen-bond acceptors (Lipinski definition) is 5. The first-order valence-electron chi connectivity index (χ1n) is 7.41. The predicted octanol–water partition coefficient (Wildman–Crippen LogP) is 3.97. The number of thiazole rings is 1. The van der Waals surface area contributed by atoms with Crippen LogP contribution in [-0.4, -0.2) is 23.7 Å². The van der Waals surface area contributed by atoms with Crippen molar-refractivity contribution >= 4 is 11.3 Å². The summed E-state index contributed by atoms with van der Waals surface area (Å²) in [5.74, 6) is 0.850. The molecule has 0 N–H and O–H groups in total. The van der Waals surface area contributed by atoms with Crippen LogP contribution in [0, 0.1) is 0 Å². The predicted molar refractivity (Wildman–Crippen MR) is 91.7 cm³/mol. The Morgan fingerprint density at radius 1 is 1.04 bits per heavy atom. The van der Waals surface area contributed by atoms with Gasteiger partial charge in [0.05, 0.1) is 26.0 Å². The van der Waals surface area contributed by atoms with Gasteiger partial charge in [-0.05, 0) is 36.4 Å². The molecule has 0 saturated carbocycles. The number of methoxy groups -OCH3 is 1. The van der Waals surface area contributed by atoms with Gasteiger partial charge in [0, 0.05) is 29.3 Å². The van der Waals surface area contributed by atoms with E-state index in [0.717, 1.165) is 34.1 Å². The molecular weight excluding hydrogens is 308 g/mol. The van der Waals surface area contributed by atoms with Gasteiger partial charge < -0.3 is 9.47 Å². The Balaban J connectivity index is 1.51. The summed E-state index contributed by atoms with van der Waals surface area (Å²) in [7, 11) is 1.67. The minimum atomic E-state index is 0.527. The maximum Gasteiger partial charge on any atom is 0.123 e. The van der Waals surface area contributed by atoms with Crippen LogP contribution in [0.4, 0.5) is 0 Å². The molecule has 0 radical (unpaired) electrons. The van der Waals surface area contributed by atoms with E-state index in [-0.39, 0.29) is 0 Å². The first-order chi connectivity index (χ1) is 11.3. The van der Waals surface area contributed by atoms with Gasteiger partial charge in [-0.25, -0.2) is 4.98 Å². The number of benzene rings is 1. The van der Waals surface area contributed by atoms with Crippen molar-refractivity contribution in [2.24, 2.45) is 0 Å². The van der Waals surface area contributed by atoms with Crippen molar-refractivity contribution in [3.8, 4) is 16.3 Å². The van der Waals surface area contributed by atoms with E-state index in [1.54, 1.807) is 24.6 Å². The molecule has 0 spiro atoms. The number of pyridine rings is 1. The number of rotatable bonds is 7. The van der Waals surface area contributed by atoms with E-state index < -0.39 is 0 Å². The van der Waals surface area contributed by atoms with Crippen molar-refractivity contribution in [2.75, 3.05) is 13.7 Å². The van der Waals surface area contributed by atoms with Crippen LogP contribution in [-0.2, 0) is 17.8 Å². The Kier molecular flexibility index (Phi) is 5.34. The van der Waals surface area contributed by atoms with Gasteiger partial charge in [-0.1, -0.05) is 6.07 Å². The molecule has 0 fully saturated rings. The highest BCUT2D eigenvalue weighted by Gasteiger charge is 2.05. The fourth-order valence-electron chi connectivity index (χ4n) is 2.14. The Morgan fingerprint density at radius 2 is 1.91 bits per heavy atom. The summed E-state index contributed by atoms with van der Waals surface area (Å²) in [6.45, 7) is 1.17. The normalized spacial score (nSPS) is 10.7. The van der Waals surface area contributed by atoms with E-state index in [0.29, 0.717) is 13.2 Å². The molecule has 0 atom stereocenters. The van der Waals surface area contributed by atoms with Crippen LogP contribution in [0.2, 0.25) is 0 Å². The van der Waals surface area contributed by atoms with E-state index in [9.17, 15) is 0 Å². The largest absolute Gasteiger partial charge is 0.497 e. The average molecular weight is 326 g/mol. The summed E-state index contributed by atoms with van der Waals surface area (Å²) in [6, 6.07) is 13.8. The van der Waals surface area contributed by atoms with Crippen LogP contribution in [0.3, 0.4) is 0 Å². The Hall–Kier alpha value is -2.24. The first-order valence-corrected chi connectivity index (χ1v) is 8.29. The molecule has 4 nitrogen and oxygen atoms in total. The van der Waals surface area contributed by atoms with Gasteiger partial charge in [0.15, 0.2) is 0 Å². The Bertz CT molecular complexity index is 726. The van der Waals surface area contributed by atoms with E-state index in [1.807, 2.05) is 47.8 Å². The van der Waals surface area contributed by atoms with Gasteiger partial charge in [-0.2, -0.15) is 0 Å². The van der Waals surface area contributed by atoms with E-state index in [2.05, 4.69) is 9.97 Å². The number of aromatic nitrogens is 2. The zero-order chi connectivity index (χ0) is 15.9. The number of hydrogen-bond donors (Lipinski definition) is 0. The van der Waals surface area contributed by atoms with Crippen molar-refractivity contribution in [3.05, 3.63) is 65.4 Å². The Labute approximate surface area is 139 Å². The molecule has 2 aromatic heterocycles. The third kappa shape index (κ3) is 4.37. The van der Waals surface area contributed by atoms with Gasteiger partial charge >= 0.3 is 0 Å². The molecule has 0 aliphatic heterocycles. The average Bonchev–Trinajstić information content (AvgIpc) is 3.09. The van der Waals surface area contributed by atoms with Gasteiger partial charge in [-0.15, -0.1) is 11.3 Å². The summed E-state index contributed by atoms with van der Waals surface area (Å²) in [5, 5.41) is 3.04. The number of ether oxygens (including phenoxy) is 2. The molecule has 23 heavy (non-hydrogen) atoms. The minimum Gasteiger partial charge on any atom is -0.497 e. The SMILES string of the molecule is COc1ccc(-c2nc(COCCc3ccccn3)cs2)cc1. The lowest BCUT2D eigenvalue weighted by Gasteiger charge is -2.02. The maximum absolute atomic E-state index is 5.69. The monoisotopic (exact) mass is 326 g/mol. The number of nitrogens with zero attached hydrogens (tertiary/aromatic N) is 2. The van der Waals surface area contributed by atoms with Crippen LogP contribution in [0.1, 0.15) is 11.4 Å². The summed E-state index contributed by atoms with van der Waals surface area (Å²) in [5.41, 5.74) is 3.10. The third-order valence-electron chi connectivity index (χ3n) is 3.37.